The van der Waals surface area contributed by atoms with Gasteiger partial charge in [0.25, 0.3) is 0 Å². The molecule has 3 rings (SSSR count). The van der Waals surface area contributed by atoms with Crippen LogP contribution >= 0.6 is 0 Å². The third-order valence-electron chi connectivity index (χ3n) is 4.12. The van der Waals surface area contributed by atoms with Crippen LogP contribution in [0.2, 0.25) is 0 Å². The summed E-state index contributed by atoms with van der Waals surface area (Å²) < 4.78 is 46.2. The minimum atomic E-state index is -4.82. The second kappa shape index (κ2) is 6.74. The number of hydrogen-bond acceptors (Lipinski definition) is 6. The molecule has 1 aliphatic heterocycles. The fourth-order valence-corrected chi connectivity index (χ4v) is 3.50. The third-order valence-corrected chi connectivity index (χ3v) is 5.57. The van der Waals surface area contributed by atoms with E-state index in [2.05, 4.69) is 0 Å². The van der Waals surface area contributed by atoms with E-state index >= 15 is 0 Å². The van der Waals surface area contributed by atoms with Gasteiger partial charge in [0.1, 0.15) is 13.7 Å². The van der Waals surface area contributed by atoms with Gasteiger partial charge in [-0.1, -0.05) is 42.5 Å². The molecule has 0 fully saturated rings. The molecule has 136 valence electrons. The summed E-state index contributed by atoms with van der Waals surface area (Å²) in [4.78, 5) is 12.7. The molecule has 0 unspecified atom stereocenters. The molecule has 0 aromatic heterocycles. The standard InChI is InChI=1S/C17H11B3FNO5S/c18-16(11-7-4-8-12(21)9-11)14(23)13(15(22)26-16)27-28(24,25)17(19,20)10-5-2-1-3-6-10/h1-9H,22H2/t16-/m0/s1. The Bertz CT molecular complexity index is 1080. The topological polar surface area (TPSA) is 95.7 Å². The number of hydrogen-bond donors (Lipinski definition) is 1. The van der Waals surface area contributed by atoms with Crippen molar-refractivity contribution in [2.45, 2.75) is 10.0 Å². The van der Waals surface area contributed by atoms with Crippen LogP contribution in [0.3, 0.4) is 0 Å². The van der Waals surface area contributed by atoms with E-state index < -0.39 is 43.4 Å². The molecule has 11 heteroatoms. The van der Waals surface area contributed by atoms with Crippen LogP contribution in [0.15, 0.2) is 66.2 Å². The van der Waals surface area contributed by atoms with E-state index in [0.717, 1.165) is 12.1 Å². The van der Waals surface area contributed by atoms with E-state index in [9.17, 15) is 17.6 Å². The van der Waals surface area contributed by atoms with Gasteiger partial charge in [-0.25, -0.2) is 4.39 Å². The summed E-state index contributed by atoms with van der Waals surface area (Å²) >= 11 is 0. The van der Waals surface area contributed by atoms with E-state index in [1.807, 2.05) is 0 Å². The maximum atomic E-state index is 13.5. The molecule has 28 heavy (non-hydrogen) atoms. The highest BCUT2D eigenvalue weighted by atomic mass is 32.2. The van der Waals surface area contributed by atoms with Crippen LogP contribution in [0.5, 0.6) is 0 Å². The molecule has 0 saturated carbocycles. The average molecular weight is 393 g/mol. The Hall–Kier alpha value is -2.68. The Morgan fingerprint density at radius 3 is 2.36 bits per heavy atom. The van der Waals surface area contributed by atoms with Crippen molar-refractivity contribution in [3.8, 4) is 0 Å². The van der Waals surface area contributed by atoms with Crippen LogP contribution in [-0.2, 0) is 33.9 Å². The largest absolute Gasteiger partial charge is 0.467 e. The monoisotopic (exact) mass is 393 g/mol. The molecule has 1 atom stereocenters. The van der Waals surface area contributed by atoms with Crippen molar-refractivity contribution in [3.05, 3.63) is 83.2 Å². The Kier molecular flexibility index (Phi) is 4.83. The van der Waals surface area contributed by atoms with Crippen LogP contribution in [0.25, 0.3) is 0 Å². The summed E-state index contributed by atoms with van der Waals surface area (Å²) in [6.45, 7) is 0. The third kappa shape index (κ3) is 3.19. The zero-order chi connectivity index (χ0) is 20.7. The highest BCUT2D eigenvalue weighted by Gasteiger charge is 2.50. The number of ketones is 1. The fraction of sp³-hybridized carbons (Fsp3) is 0.118. The van der Waals surface area contributed by atoms with Crippen molar-refractivity contribution in [1.82, 2.24) is 0 Å². The number of nitrogens with two attached hydrogens (primary N) is 1. The molecule has 0 bridgehead atoms. The quantitative estimate of drug-likeness (QED) is 0.583. The van der Waals surface area contributed by atoms with Gasteiger partial charge in [-0.05, 0) is 23.3 Å². The van der Waals surface area contributed by atoms with Gasteiger partial charge in [-0.15, -0.1) is 0 Å². The van der Waals surface area contributed by atoms with E-state index in [1.54, 1.807) is 6.07 Å². The summed E-state index contributed by atoms with van der Waals surface area (Å²) in [5.74, 6) is -3.43. The lowest BCUT2D eigenvalue weighted by Crippen LogP contribution is -2.40. The number of benzene rings is 2. The number of carbonyl (C=O) groups excluding carboxylic acids is 1. The number of ether oxygens (including phenoxy) is 1. The van der Waals surface area contributed by atoms with Gasteiger partial charge in [0.15, 0.2) is 5.50 Å². The van der Waals surface area contributed by atoms with E-state index in [4.69, 9.17) is 38.2 Å². The van der Waals surface area contributed by atoms with Gasteiger partial charge in [-0.2, -0.15) is 8.42 Å². The van der Waals surface area contributed by atoms with Gasteiger partial charge in [0.2, 0.25) is 17.4 Å². The molecule has 1 heterocycles. The van der Waals surface area contributed by atoms with Crippen molar-refractivity contribution in [3.63, 3.8) is 0 Å². The first-order chi connectivity index (χ1) is 13.0. The number of Topliss-reactive ketones (excluding diaryl/α,β-unsaturated/α-hetero) is 1. The molecule has 0 aliphatic carbocycles. The van der Waals surface area contributed by atoms with Gasteiger partial charge >= 0.3 is 10.1 Å². The van der Waals surface area contributed by atoms with Crippen molar-refractivity contribution in [1.29, 1.82) is 0 Å². The van der Waals surface area contributed by atoms with Crippen LogP contribution in [0.1, 0.15) is 11.1 Å². The Morgan fingerprint density at radius 1 is 1.11 bits per heavy atom. The van der Waals surface area contributed by atoms with Crippen LogP contribution < -0.4 is 5.73 Å². The van der Waals surface area contributed by atoms with Gasteiger partial charge in [-0.3, -0.25) is 4.79 Å². The zero-order valence-electron chi connectivity index (χ0n) is 14.3. The smallest absolute Gasteiger partial charge is 0.302 e. The van der Waals surface area contributed by atoms with E-state index in [-0.39, 0.29) is 11.1 Å². The number of rotatable bonds is 5. The normalized spacial score (nSPS) is 20.1. The van der Waals surface area contributed by atoms with Crippen molar-refractivity contribution in [2.24, 2.45) is 5.73 Å². The molecule has 0 saturated heterocycles. The van der Waals surface area contributed by atoms with Gasteiger partial charge in [0.05, 0.1) is 20.2 Å². The lowest BCUT2D eigenvalue weighted by atomic mass is 9.65. The maximum absolute atomic E-state index is 13.5. The molecule has 2 aromatic carbocycles. The van der Waals surface area contributed by atoms with Crippen LogP contribution in [0.4, 0.5) is 4.39 Å². The first-order valence-corrected chi connectivity index (χ1v) is 9.25. The predicted octanol–water partition coefficient (Wildman–Crippen LogP) is 0.368. The summed E-state index contributed by atoms with van der Waals surface area (Å²) in [5.41, 5.74) is 3.25. The lowest BCUT2D eigenvalue weighted by molar-refractivity contribution is -0.126. The molecule has 0 amide bonds. The maximum Gasteiger partial charge on any atom is 0.302 e. The minimum Gasteiger partial charge on any atom is -0.467 e. The Labute approximate surface area is 165 Å². The molecular weight excluding hydrogens is 382 g/mol. The minimum absolute atomic E-state index is 0.00433. The van der Waals surface area contributed by atoms with E-state index in [0.29, 0.717) is 0 Å². The SMILES string of the molecule is [B]C([B])(c1ccccc1)S(=O)(=O)OC1=C(N)O[C@@]([B])(c2cccc(F)c2)C1=O. The van der Waals surface area contributed by atoms with Crippen molar-refractivity contribution < 1.29 is 26.5 Å². The van der Waals surface area contributed by atoms with E-state index in [1.165, 1.54) is 36.4 Å². The molecule has 6 nitrogen and oxygen atoms in total. The Morgan fingerprint density at radius 2 is 1.75 bits per heavy atom. The average Bonchev–Trinajstić information content (AvgIpc) is 2.86. The number of halogens is 1. The summed E-state index contributed by atoms with van der Waals surface area (Å²) in [6.07, 6.45) is 0. The number of carbonyl (C=O) groups is 1. The second-order valence-electron chi connectivity index (χ2n) is 6.07. The summed E-state index contributed by atoms with van der Waals surface area (Å²) in [7, 11) is 12.6. The second-order valence-corrected chi connectivity index (χ2v) is 7.82. The van der Waals surface area contributed by atoms with Crippen molar-refractivity contribution >= 4 is 39.4 Å². The molecule has 0 spiro atoms. The highest BCUT2D eigenvalue weighted by molar-refractivity contribution is 7.90. The van der Waals surface area contributed by atoms with Crippen LogP contribution in [0, 0.1) is 5.82 Å². The molecule has 2 aromatic rings. The molecule has 6 radical (unpaired) electrons. The van der Waals surface area contributed by atoms with Gasteiger partial charge < -0.3 is 14.7 Å². The first-order valence-electron chi connectivity index (χ1n) is 7.85. The fourth-order valence-electron chi connectivity index (χ4n) is 2.56. The van der Waals surface area contributed by atoms with Crippen molar-refractivity contribution in [2.75, 3.05) is 0 Å². The summed E-state index contributed by atoms with van der Waals surface area (Å²) in [5, 5.41) is 0. The van der Waals surface area contributed by atoms with Gasteiger partial charge in [0, 0.05) is 0 Å². The molecule has 2 N–H and O–H groups in total. The lowest BCUT2D eigenvalue weighted by Gasteiger charge is -2.26. The Balaban J connectivity index is 1.94. The molecule has 1 aliphatic rings. The predicted molar refractivity (Wildman–Crippen MR) is 101 cm³/mol. The summed E-state index contributed by atoms with van der Waals surface area (Å²) in [6, 6.07) is 12.1. The van der Waals surface area contributed by atoms with Crippen LogP contribution in [-0.4, -0.2) is 37.7 Å². The zero-order valence-corrected chi connectivity index (χ0v) is 15.1. The highest BCUT2D eigenvalue weighted by Crippen LogP contribution is 2.38. The molecular formula is C17H11B3FNO5S. The first kappa shape index (κ1) is 20.1.